The molecule has 0 aliphatic carbocycles. The van der Waals surface area contributed by atoms with Crippen molar-refractivity contribution in [2.24, 2.45) is 0 Å². The molecule has 26 heavy (non-hydrogen) atoms. The molecule has 2 rings (SSSR count). The van der Waals surface area contributed by atoms with Gasteiger partial charge in [-0.25, -0.2) is 13.1 Å². The molecule has 0 radical (unpaired) electrons. The molecule has 0 saturated heterocycles. The van der Waals surface area contributed by atoms with Crippen LogP contribution in [0.1, 0.15) is 12.0 Å². The molecule has 140 valence electrons. The van der Waals surface area contributed by atoms with Gasteiger partial charge < -0.3 is 9.47 Å². The molecule has 6 nitrogen and oxygen atoms in total. The first-order valence-electron chi connectivity index (χ1n) is 7.55. The van der Waals surface area contributed by atoms with Gasteiger partial charge in [-0.05, 0) is 36.4 Å². The third-order valence-corrected chi connectivity index (χ3v) is 5.46. The molecule has 0 fully saturated rings. The molecule has 9 heteroatoms. The maximum absolute atomic E-state index is 12.1. The molecule has 2 aromatic carbocycles. The second-order valence-corrected chi connectivity index (χ2v) is 7.83. The van der Waals surface area contributed by atoms with Crippen molar-refractivity contribution in [2.75, 3.05) is 13.7 Å². The lowest BCUT2D eigenvalue weighted by Crippen LogP contribution is -2.26. The van der Waals surface area contributed by atoms with E-state index in [1.165, 1.54) is 19.2 Å². The predicted molar refractivity (Wildman–Crippen MR) is 99.1 cm³/mol. The van der Waals surface area contributed by atoms with Crippen molar-refractivity contribution in [3.63, 3.8) is 0 Å². The van der Waals surface area contributed by atoms with Crippen molar-refractivity contribution in [1.82, 2.24) is 4.72 Å². The van der Waals surface area contributed by atoms with Crippen LogP contribution in [0.25, 0.3) is 0 Å². The van der Waals surface area contributed by atoms with Crippen molar-refractivity contribution in [1.29, 1.82) is 0 Å². The van der Waals surface area contributed by atoms with E-state index in [-0.39, 0.29) is 24.5 Å². The van der Waals surface area contributed by atoms with Gasteiger partial charge >= 0.3 is 5.97 Å². The molecule has 0 atom stereocenters. The van der Waals surface area contributed by atoms with Crippen molar-refractivity contribution in [3.8, 4) is 5.75 Å². The van der Waals surface area contributed by atoms with Crippen LogP contribution in [0, 0.1) is 0 Å². The Balaban J connectivity index is 1.81. The van der Waals surface area contributed by atoms with Gasteiger partial charge in [0.1, 0.15) is 12.4 Å². The Morgan fingerprint density at radius 1 is 1.12 bits per heavy atom. The topological polar surface area (TPSA) is 81.7 Å². The molecule has 0 unspecified atom stereocenters. The zero-order chi connectivity index (χ0) is 19.2. The number of nitrogens with one attached hydrogen (secondary N) is 1. The highest BCUT2D eigenvalue weighted by Crippen LogP contribution is 2.21. The van der Waals surface area contributed by atoms with Gasteiger partial charge in [0.15, 0.2) is 0 Å². The number of ether oxygens (including phenoxy) is 2. The predicted octanol–water partition coefficient (Wildman–Crippen LogP) is 3.41. The van der Waals surface area contributed by atoms with Crippen LogP contribution in [0.5, 0.6) is 5.75 Å². The quantitative estimate of drug-likeness (QED) is 0.665. The summed E-state index contributed by atoms with van der Waals surface area (Å²) in [5.74, 6) is 0.00170. The first-order valence-corrected chi connectivity index (χ1v) is 9.79. The number of methoxy groups -OCH3 is 1. The molecule has 0 amide bonds. The molecule has 0 saturated carbocycles. The zero-order valence-corrected chi connectivity index (χ0v) is 16.2. The number of carbonyl (C=O) groups excluding carboxylic acids is 1. The Morgan fingerprint density at radius 2 is 1.81 bits per heavy atom. The fraction of sp³-hybridized carbons (Fsp3) is 0.235. The van der Waals surface area contributed by atoms with Crippen molar-refractivity contribution in [2.45, 2.75) is 17.9 Å². The molecule has 0 spiro atoms. The molecular formula is C17H17Cl2NO5S. The summed E-state index contributed by atoms with van der Waals surface area (Å²) in [6.07, 6.45) is -0.111. The molecule has 0 bridgehead atoms. The van der Waals surface area contributed by atoms with Crippen LogP contribution in [0.2, 0.25) is 10.0 Å². The Labute approximate surface area is 162 Å². The number of benzene rings is 2. The summed E-state index contributed by atoms with van der Waals surface area (Å²) in [6, 6.07) is 10.8. The van der Waals surface area contributed by atoms with Crippen molar-refractivity contribution < 1.29 is 22.7 Å². The summed E-state index contributed by atoms with van der Waals surface area (Å²) in [5, 5.41) is 0.878. The summed E-state index contributed by atoms with van der Waals surface area (Å²) >= 11 is 11.8. The monoisotopic (exact) mass is 417 g/mol. The fourth-order valence-corrected chi connectivity index (χ4v) is 3.49. The van der Waals surface area contributed by atoms with E-state index in [2.05, 4.69) is 4.72 Å². The lowest BCUT2D eigenvalue weighted by molar-refractivity contribution is -0.144. The molecule has 0 aliphatic rings. The van der Waals surface area contributed by atoms with E-state index in [1.54, 1.807) is 30.3 Å². The third-order valence-electron chi connectivity index (χ3n) is 3.39. The lowest BCUT2D eigenvalue weighted by atomic mass is 10.2. The number of halogens is 2. The Hall–Kier alpha value is -1.80. The molecule has 0 aliphatic heterocycles. The Bertz CT molecular complexity index is 869. The number of rotatable bonds is 8. The van der Waals surface area contributed by atoms with Gasteiger partial charge in [-0.1, -0.05) is 29.3 Å². The summed E-state index contributed by atoms with van der Waals surface area (Å²) in [5.41, 5.74) is 0.614. The highest BCUT2D eigenvalue weighted by molar-refractivity contribution is 7.89. The molecule has 2 aromatic rings. The van der Waals surface area contributed by atoms with Gasteiger partial charge in [-0.3, -0.25) is 4.79 Å². The van der Waals surface area contributed by atoms with Gasteiger partial charge in [-0.2, -0.15) is 0 Å². The number of hydrogen-bond donors (Lipinski definition) is 1. The minimum atomic E-state index is -3.71. The summed E-state index contributed by atoms with van der Waals surface area (Å²) in [6.45, 7) is -0.0956. The SMILES string of the molecule is COc1ccc(S(=O)(=O)NCCC(=O)OCc2ccc(Cl)cc2Cl)cc1. The van der Waals surface area contributed by atoms with Crippen molar-refractivity contribution >= 4 is 39.2 Å². The van der Waals surface area contributed by atoms with E-state index in [0.717, 1.165) is 0 Å². The smallest absolute Gasteiger partial charge is 0.307 e. The molecular weight excluding hydrogens is 401 g/mol. The number of hydrogen-bond acceptors (Lipinski definition) is 5. The largest absolute Gasteiger partial charge is 0.497 e. The van der Waals surface area contributed by atoms with Crippen LogP contribution in [-0.4, -0.2) is 28.0 Å². The van der Waals surface area contributed by atoms with Crippen LogP contribution in [0.3, 0.4) is 0 Å². The fourth-order valence-electron chi connectivity index (χ4n) is 1.99. The molecule has 0 aromatic heterocycles. The average Bonchev–Trinajstić information content (AvgIpc) is 2.61. The van der Waals surface area contributed by atoms with Crippen LogP contribution < -0.4 is 9.46 Å². The van der Waals surface area contributed by atoms with Crippen LogP contribution in [0.15, 0.2) is 47.4 Å². The van der Waals surface area contributed by atoms with Crippen LogP contribution in [0.4, 0.5) is 0 Å². The Morgan fingerprint density at radius 3 is 2.42 bits per heavy atom. The molecule has 1 N–H and O–H groups in total. The lowest BCUT2D eigenvalue weighted by Gasteiger charge is -2.09. The summed E-state index contributed by atoms with van der Waals surface area (Å²) < 4.78 is 36.7. The summed E-state index contributed by atoms with van der Waals surface area (Å²) in [4.78, 5) is 11.8. The first kappa shape index (κ1) is 20.5. The third kappa shape index (κ3) is 5.88. The number of sulfonamides is 1. The van der Waals surface area contributed by atoms with E-state index in [0.29, 0.717) is 21.4 Å². The number of esters is 1. The van der Waals surface area contributed by atoms with E-state index in [1.807, 2.05) is 0 Å². The maximum Gasteiger partial charge on any atom is 0.307 e. The highest BCUT2D eigenvalue weighted by Gasteiger charge is 2.15. The normalized spacial score (nSPS) is 11.2. The van der Waals surface area contributed by atoms with Crippen LogP contribution in [-0.2, 0) is 26.2 Å². The van der Waals surface area contributed by atoms with Crippen molar-refractivity contribution in [3.05, 3.63) is 58.1 Å². The number of carbonyl (C=O) groups is 1. The van der Waals surface area contributed by atoms with E-state index >= 15 is 0 Å². The second kappa shape index (κ2) is 9.23. The average molecular weight is 418 g/mol. The zero-order valence-electron chi connectivity index (χ0n) is 13.9. The standard InChI is InChI=1S/C17H17Cl2NO5S/c1-24-14-4-6-15(7-5-14)26(22,23)20-9-8-17(21)25-11-12-2-3-13(18)10-16(12)19/h2-7,10,20H,8-9,11H2,1H3. The van der Waals surface area contributed by atoms with Gasteiger partial charge in [0.05, 0.1) is 18.4 Å². The van der Waals surface area contributed by atoms with Gasteiger partial charge in [0.25, 0.3) is 0 Å². The van der Waals surface area contributed by atoms with E-state index in [9.17, 15) is 13.2 Å². The van der Waals surface area contributed by atoms with Gasteiger partial charge in [-0.15, -0.1) is 0 Å². The summed E-state index contributed by atoms with van der Waals surface area (Å²) in [7, 11) is -2.22. The maximum atomic E-state index is 12.1. The Kier molecular flexibility index (Phi) is 7.28. The van der Waals surface area contributed by atoms with E-state index in [4.69, 9.17) is 32.7 Å². The van der Waals surface area contributed by atoms with Crippen LogP contribution >= 0.6 is 23.2 Å². The van der Waals surface area contributed by atoms with Gasteiger partial charge in [0, 0.05) is 22.2 Å². The second-order valence-electron chi connectivity index (χ2n) is 5.22. The highest BCUT2D eigenvalue weighted by atomic mass is 35.5. The molecule has 0 heterocycles. The minimum Gasteiger partial charge on any atom is -0.497 e. The minimum absolute atomic E-state index is 0.0138. The van der Waals surface area contributed by atoms with E-state index < -0.39 is 16.0 Å². The van der Waals surface area contributed by atoms with Gasteiger partial charge in [0.2, 0.25) is 10.0 Å². The first-order chi connectivity index (χ1) is 12.3.